The number of likely N-dealkylation sites (N-methyl/N-ethyl adjacent to an activating group) is 1. The van der Waals surface area contributed by atoms with Crippen LogP contribution in [0.5, 0.6) is 0 Å². The number of carbonyl (C=O) groups is 1. The fourth-order valence-electron chi connectivity index (χ4n) is 2.10. The Balaban J connectivity index is 2.04. The molecule has 1 aliphatic rings. The van der Waals surface area contributed by atoms with Crippen LogP contribution in [0.2, 0.25) is 0 Å². The Morgan fingerprint density at radius 2 is 2.29 bits per heavy atom. The first-order valence-corrected chi connectivity index (χ1v) is 5.87. The molecule has 1 atom stereocenters. The maximum absolute atomic E-state index is 13.4. The van der Waals surface area contributed by atoms with Crippen molar-refractivity contribution in [1.82, 2.24) is 10.2 Å². The molecule has 3 nitrogen and oxygen atoms in total. The second-order valence-electron chi connectivity index (χ2n) is 4.45. The maximum atomic E-state index is 13.4. The minimum atomic E-state index is -0.427. The summed E-state index contributed by atoms with van der Waals surface area (Å²) >= 11 is 0. The van der Waals surface area contributed by atoms with Crippen LogP contribution in [0, 0.1) is 5.82 Å². The summed E-state index contributed by atoms with van der Waals surface area (Å²) in [6, 6.07) is 6.33. The van der Waals surface area contributed by atoms with Crippen molar-refractivity contribution in [1.29, 1.82) is 0 Å². The number of hydrogen-bond acceptors (Lipinski definition) is 3. The maximum Gasteiger partial charge on any atom is 0.167 e. The number of nitrogens with zero attached hydrogens (tertiary/aromatic N) is 1. The number of piperazine rings is 1. The molecule has 1 fully saturated rings. The number of rotatable bonds is 3. The van der Waals surface area contributed by atoms with E-state index in [4.69, 9.17) is 0 Å². The van der Waals surface area contributed by atoms with Crippen LogP contribution in [0.4, 0.5) is 4.39 Å². The highest BCUT2D eigenvalue weighted by Crippen LogP contribution is 2.13. The van der Waals surface area contributed by atoms with E-state index in [1.54, 1.807) is 18.2 Å². The molecule has 2 rings (SSSR count). The van der Waals surface area contributed by atoms with Gasteiger partial charge in [-0.3, -0.25) is 4.79 Å². The Kier molecular flexibility index (Phi) is 3.86. The highest BCUT2D eigenvalue weighted by atomic mass is 19.1. The molecular formula is C13H17FN2O. The van der Waals surface area contributed by atoms with Gasteiger partial charge < -0.3 is 10.2 Å². The van der Waals surface area contributed by atoms with E-state index in [-0.39, 0.29) is 17.4 Å². The number of hydrogen-bond donors (Lipinski definition) is 1. The fraction of sp³-hybridized carbons (Fsp3) is 0.462. The zero-order chi connectivity index (χ0) is 12.3. The van der Waals surface area contributed by atoms with Gasteiger partial charge in [-0.1, -0.05) is 12.1 Å². The summed E-state index contributed by atoms with van der Waals surface area (Å²) in [4.78, 5) is 14.1. The van der Waals surface area contributed by atoms with E-state index in [1.807, 2.05) is 7.05 Å². The van der Waals surface area contributed by atoms with Crippen molar-refractivity contribution in [3.63, 3.8) is 0 Å². The molecule has 1 saturated heterocycles. The third-order valence-electron chi connectivity index (χ3n) is 3.24. The van der Waals surface area contributed by atoms with Gasteiger partial charge in [0.05, 0.1) is 5.56 Å². The topological polar surface area (TPSA) is 32.3 Å². The van der Waals surface area contributed by atoms with Crippen LogP contribution >= 0.6 is 0 Å². The predicted molar refractivity (Wildman–Crippen MR) is 64.6 cm³/mol. The Bertz CT molecular complexity index is 408. The molecule has 0 saturated carbocycles. The van der Waals surface area contributed by atoms with Crippen molar-refractivity contribution in [2.75, 3.05) is 26.7 Å². The number of ketones is 1. The van der Waals surface area contributed by atoms with E-state index in [0.717, 1.165) is 19.6 Å². The van der Waals surface area contributed by atoms with E-state index in [1.165, 1.54) is 6.07 Å². The van der Waals surface area contributed by atoms with Gasteiger partial charge in [-0.15, -0.1) is 0 Å². The van der Waals surface area contributed by atoms with Crippen molar-refractivity contribution >= 4 is 5.78 Å². The SMILES string of the molecule is CN1CCNCC1CC(=O)c1ccccc1F. The van der Waals surface area contributed by atoms with Gasteiger partial charge in [-0.2, -0.15) is 0 Å². The van der Waals surface area contributed by atoms with Gasteiger partial charge >= 0.3 is 0 Å². The first-order valence-electron chi connectivity index (χ1n) is 5.87. The van der Waals surface area contributed by atoms with Gasteiger partial charge in [0.2, 0.25) is 0 Å². The van der Waals surface area contributed by atoms with Gasteiger partial charge in [0.15, 0.2) is 5.78 Å². The summed E-state index contributed by atoms with van der Waals surface area (Å²) in [6.07, 6.45) is 0.366. The van der Waals surface area contributed by atoms with Gasteiger partial charge in [0.1, 0.15) is 5.82 Å². The second kappa shape index (κ2) is 5.38. The number of benzene rings is 1. The molecule has 92 valence electrons. The molecule has 0 bridgehead atoms. The van der Waals surface area contributed by atoms with Crippen molar-refractivity contribution < 1.29 is 9.18 Å². The molecule has 1 aliphatic heterocycles. The Hall–Kier alpha value is -1.26. The summed E-state index contributed by atoms with van der Waals surface area (Å²) in [5, 5.41) is 3.25. The lowest BCUT2D eigenvalue weighted by molar-refractivity contribution is 0.0913. The van der Waals surface area contributed by atoms with E-state index in [2.05, 4.69) is 10.2 Å². The number of nitrogens with one attached hydrogen (secondary N) is 1. The first kappa shape index (κ1) is 12.2. The minimum Gasteiger partial charge on any atom is -0.314 e. The van der Waals surface area contributed by atoms with Crippen LogP contribution in [-0.4, -0.2) is 43.4 Å². The van der Waals surface area contributed by atoms with Crippen molar-refractivity contribution in [3.8, 4) is 0 Å². The van der Waals surface area contributed by atoms with Crippen LogP contribution in [-0.2, 0) is 0 Å². The molecule has 0 aliphatic carbocycles. The minimum absolute atomic E-state index is 0.122. The lowest BCUT2D eigenvalue weighted by Crippen LogP contribution is -2.50. The molecule has 17 heavy (non-hydrogen) atoms. The fourth-order valence-corrected chi connectivity index (χ4v) is 2.10. The molecule has 0 spiro atoms. The van der Waals surface area contributed by atoms with Gasteiger partial charge in [-0.05, 0) is 19.2 Å². The summed E-state index contributed by atoms with van der Waals surface area (Å²) < 4.78 is 13.4. The van der Waals surface area contributed by atoms with Crippen molar-refractivity contribution in [3.05, 3.63) is 35.6 Å². The van der Waals surface area contributed by atoms with E-state index in [0.29, 0.717) is 6.42 Å². The van der Waals surface area contributed by atoms with Crippen LogP contribution in [0.1, 0.15) is 16.8 Å². The standard InChI is InChI=1S/C13H17FN2O/c1-16-7-6-15-9-10(16)8-13(17)11-4-2-3-5-12(11)14/h2-5,10,15H,6-9H2,1H3. The molecule has 1 heterocycles. The molecule has 1 N–H and O–H groups in total. The van der Waals surface area contributed by atoms with Gasteiger partial charge in [-0.25, -0.2) is 4.39 Å². The average molecular weight is 236 g/mol. The Morgan fingerprint density at radius 1 is 1.53 bits per heavy atom. The molecule has 1 aromatic carbocycles. The first-order chi connectivity index (χ1) is 8.18. The molecule has 0 aromatic heterocycles. The van der Waals surface area contributed by atoms with Gasteiger partial charge in [0, 0.05) is 32.1 Å². The number of carbonyl (C=O) groups excluding carboxylic acids is 1. The quantitative estimate of drug-likeness (QED) is 0.803. The Morgan fingerprint density at radius 3 is 3.00 bits per heavy atom. The van der Waals surface area contributed by atoms with Crippen LogP contribution < -0.4 is 5.32 Å². The highest BCUT2D eigenvalue weighted by molar-refractivity contribution is 5.96. The van der Waals surface area contributed by atoms with E-state index < -0.39 is 5.82 Å². The Labute approximate surface area is 101 Å². The number of halogens is 1. The lowest BCUT2D eigenvalue weighted by Gasteiger charge is -2.32. The van der Waals surface area contributed by atoms with Crippen molar-refractivity contribution in [2.45, 2.75) is 12.5 Å². The molecule has 1 unspecified atom stereocenters. The van der Waals surface area contributed by atoms with Gasteiger partial charge in [0.25, 0.3) is 0 Å². The van der Waals surface area contributed by atoms with Crippen LogP contribution in [0.25, 0.3) is 0 Å². The summed E-state index contributed by atoms with van der Waals surface area (Å²) in [6.45, 7) is 2.66. The lowest BCUT2D eigenvalue weighted by atomic mass is 10.0. The van der Waals surface area contributed by atoms with Crippen molar-refractivity contribution in [2.24, 2.45) is 0 Å². The van der Waals surface area contributed by atoms with Crippen LogP contribution in [0.3, 0.4) is 0 Å². The molecule has 0 radical (unpaired) electrons. The normalized spacial score (nSPS) is 21.4. The highest BCUT2D eigenvalue weighted by Gasteiger charge is 2.23. The molecule has 0 amide bonds. The molecule has 4 heteroatoms. The molecular weight excluding hydrogens is 219 g/mol. The monoisotopic (exact) mass is 236 g/mol. The zero-order valence-corrected chi connectivity index (χ0v) is 9.95. The third-order valence-corrected chi connectivity index (χ3v) is 3.24. The second-order valence-corrected chi connectivity index (χ2v) is 4.45. The number of Topliss-reactive ketones (excluding diaryl/α,β-unsaturated/α-hetero) is 1. The summed E-state index contributed by atoms with van der Waals surface area (Å²) in [7, 11) is 2.00. The predicted octanol–water partition coefficient (Wildman–Crippen LogP) is 1.30. The third kappa shape index (κ3) is 2.90. The zero-order valence-electron chi connectivity index (χ0n) is 9.95. The summed E-state index contributed by atoms with van der Waals surface area (Å²) in [5.41, 5.74) is 0.200. The van der Waals surface area contributed by atoms with E-state index in [9.17, 15) is 9.18 Å². The van der Waals surface area contributed by atoms with E-state index >= 15 is 0 Å². The molecule has 1 aromatic rings. The van der Waals surface area contributed by atoms with Crippen LogP contribution in [0.15, 0.2) is 24.3 Å². The smallest absolute Gasteiger partial charge is 0.167 e. The summed E-state index contributed by atoms with van der Waals surface area (Å²) in [5.74, 6) is -0.549. The average Bonchev–Trinajstić information content (AvgIpc) is 2.32. The largest absolute Gasteiger partial charge is 0.314 e.